The molecule has 5 heteroatoms. The number of imidazole rings is 1. The van der Waals surface area contributed by atoms with Gasteiger partial charge in [0.05, 0.1) is 12.9 Å². The predicted molar refractivity (Wildman–Crippen MR) is 72.6 cm³/mol. The molecule has 1 aromatic heterocycles. The molecule has 1 aliphatic rings. The van der Waals surface area contributed by atoms with E-state index in [0.717, 1.165) is 39.0 Å². The Morgan fingerprint density at radius 3 is 3.16 bits per heavy atom. The fraction of sp³-hybridized carbons (Fsp3) is 0.714. The van der Waals surface area contributed by atoms with Gasteiger partial charge in [0.25, 0.3) is 0 Å². The van der Waals surface area contributed by atoms with Crippen molar-refractivity contribution >= 4 is 5.91 Å². The number of hydrogen-bond acceptors (Lipinski definition) is 3. The van der Waals surface area contributed by atoms with Gasteiger partial charge >= 0.3 is 0 Å². The van der Waals surface area contributed by atoms with Gasteiger partial charge in [-0.3, -0.25) is 4.79 Å². The van der Waals surface area contributed by atoms with Gasteiger partial charge in [-0.1, -0.05) is 6.92 Å². The lowest BCUT2D eigenvalue weighted by Gasteiger charge is -2.22. The highest BCUT2D eigenvalue weighted by atomic mass is 16.5. The van der Waals surface area contributed by atoms with Crippen molar-refractivity contribution in [2.24, 2.45) is 5.92 Å². The normalized spacial score (nSPS) is 20.4. The van der Waals surface area contributed by atoms with Gasteiger partial charge < -0.3 is 14.6 Å². The summed E-state index contributed by atoms with van der Waals surface area (Å²) < 4.78 is 7.39. The first-order chi connectivity index (χ1) is 9.29. The van der Waals surface area contributed by atoms with Gasteiger partial charge in [-0.15, -0.1) is 0 Å². The topological polar surface area (TPSA) is 56.2 Å². The van der Waals surface area contributed by atoms with Crippen molar-refractivity contribution in [1.29, 1.82) is 0 Å². The van der Waals surface area contributed by atoms with Gasteiger partial charge in [-0.25, -0.2) is 4.98 Å². The molecule has 0 saturated carbocycles. The average Bonchev–Trinajstić information content (AvgIpc) is 3.08. The largest absolute Gasteiger partial charge is 0.381 e. The molecule has 0 radical (unpaired) electrons. The highest BCUT2D eigenvalue weighted by Crippen LogP contribution is 2.18. The number of nitrogens with zero attached hydrogens (tertiary/aromatic N) is 2. The molecular formula is C14H23N3O2. The molecule has 2 atom stereocenters. The lowest BCUT2D eigenvalue weighted by molar-refractivity contribution is -0.122. The van der Waals surface area contributed by atoms with E-state index in [4.69, 9.17) is 4.74 Å². The summed E-state index contributed by atoms with van der Waals surface area (Å²) in [4.78, 5) is 15.9. The smallest absolute Gasteiger partial charge is 0.220 e. The minimum Gasteiger partial charge on any atom is -0.381 e. The Bertz CT molecular complexity index is 372. The quantitative estimate of drug-likeness (QED) is 0.814. The van der Waals surface area contributed by atoms with Crippen molar-refractivity contribution in [2.45, 2.75) is 45.2 Å². The molecule has 2 unspecified atom stereocenters. The molecular weight excluding hydrogens is 242 g/mol. The minimum atomic E-state index is 0.152. The highest BCUT2D eigenvalue weighted by Gasteiger charge is 2.25. The number of ether oxygens (including phenoxy) is 1. The molecule has 1 saturated heterocycles. The molecule has 106 valence electrons. The standard InChI is InChI=1S/C14H23N3O2/c1-2-13(12-5-9-19-10-12)16-14(18)4-3-7-17-8-6-15-11-17/h6,8,11-13H,2-5,7,9-10H2,1H3,(H,16,18). The van der Waals surface area contributed by atoms with Crippen molar-refractivity contribution in [3.63, 3.8) is 0 Å². The number of nitrogens with one attached hydrogen (secondary N) is 1. The maximum absolute atomic E-state index is 11.9. The molecule has 1 N–H and O–H groups in total. The number of carbonyl (C=O) groups is 1. The third-order valence-electron chi connectivity index (χ3n) is 3.70. The molecule has 1 aliphatic heterocycles. The second-order valence-corrected chi connectivity index (χ2v) is 5.11. The molecule has 5 nitrogen and oxygen atoms in total. The molecule has 1 aromatic rings. The van der Waals surface area contributed by atoms with Crippen molar-refractivity contribution in [1.82, 2.24) is 14.9 Å². The third kappa shape index (κ3) is 4.35. The number of aromatic nitrogens is 2. The molecule has 0 spiro atoms. The second kappa shape index (κ2) is 7.28. The molecule has 2 rings (SSSR count). The molecule has 2 heterocycles. The van der Waals surface area contributed by atoms with Crippen LogP contribution >= 0.6 is 0 Å². The van der Waals surface area contributed by atoms with Gasteiger partial charge in [0.1, 0.15) is 0 Å². The van der Waals surface area contributed by atoms with Crippen LogP contribution in [-0.4, -0.2) is 34.7 Å². The van der Waals surface area contributed by atoms with Crippen LogP contribution < -0.4 is 5.32 Å². The van der Waals surface area contributed by atoms with Gasteiger partial charge in [-0.2, -0.15) is 0 Å². The first-order valence-corrected chi connectivity index (χ1v) is 7.12. The van der Waals surface area contributed by atoms with Crippen molar-refractivity contribution in [3.05, 3.63) is 18.7 Å². The number of aryl methyl sites for hydroxylation is 1. The third-order valence-corrected chi connectivity index (χ3v) is 3.70. The van der Waals surface area contributed by atoms with E-state index in [2.05, 4.69) is 17.2 Å². The summed E-state index contributed by atoms with van der Waals surface area (Å²) in [6.45, 7) is 4.58. The molecule has 0 aromatic carbocycles. The lowest BCUT2D eigenvalue weighted by atomic mass is 9.96. The van der Waals surface area contributed by atoms with E-state index in [-0.39, 0.29) is 11.9 Å². The Balaban J connectivity index is 1.67. The summed E-state index contributed by atoms with van der Waals surface area (Å²) in [6, 6.07) is 0.267. The lowest BCUT2D eigenvalue weighted by Crippen LogP contribution is -2.40. The minimum absolute atomic E-state index is 0.152. The molecule has 19 heavy (non-hydrogen) atoms. The van der Waals surface area contributed by atoms with E-state index < -0.39 is 0 Å². The Morgan fingerprint density at radius 2 is 2.53 bits per heavy atom. The summed E-state index contributed by atoms with van der Waals surface area (Å²) in [7, 11) is 0. The fourth-order valence-corrected chi connectivity index (χ4v) is 2.54. The van der Waals surface area contributed by atoms with Crippen LogP contribution in [0.1, 0.15) is 32.6 Å². The van der Waals surface area contributed by atoms with Crippen LogP contribution in [0.4, 0.5) is 0 Å². The van der Waals surface area contributed by atoms with Gasteiger partial charge in [0.15, 0.2) is 0 Å². The van der Waals surface area contributed by atoms with Crippen LogP contribution in [0.5, 0.6) is 0 Å². The van der Waals surface area contributed by atoms with Crippen LogP contribution in [0.15, 0.2) is 18.7 Å². The summed E-state index contributed by atoms with van der Waals surface area (Å²) in [5.41, 5.74) is 0. The van der Waals surface area contributed by atoms with E-state index in [0.29, 0.717) is 12.3 Å². The van der Waals surface area contributed by atoms with Crippen LogP contribution in [0.2, 0.25) is 0 Å². The summed E-state index contributed by atoms with van der Waals surface area (Å²) in [6.07, 6.45) is 8.91. The summed E-state index contributed by atoms with van der Waals surface area (Å²) in [5, 5.41) is 3.14. The fourth-order valence-electron chi connectivity index (χ4n) is 2.54. The van der Waals surface area contributed by atoms with Gasteiger partial charge in [0, 0.05) is 43.9 Å². The van der Waals surface area contributed by atoms with Crippen LogP contribution in [-0.2, 0) is 16.1 Å². The van der Waals surface area contributed by atoms with Crippen LogP contribution in [0.3, 0.4) is 0 Å². The number of amides is 1. The maximum atomic E-state index is 11.9. The van der Waals surface area contributed by atoms with Crippen LogP contribution in [0, 0.1) is 5.92 Å². The van der Waals surface area contributed by atoms with E-state index in [1.54, 1.807) is 12.5 Å². The predicted octanol–water partition coefficient (Wildman–Crippen LogP) is 1.59. The first kappa shape index (κ1) is 14.1. The SMILES string of the molecule is CCC(NC(=O)CCCn1ccnc1)C1CCOC1. The van der Waals surface area contributed by atoms with Crippen molar-refractivity contribution < 1.29 is 9.53 Å². The number of carbonyl (C=O) groups excluding carboxylic acids is 1. The Hall–Kier alpha value is -1.36. The zero-order valence-corrected chi connectivity index (χ0v) is 11.5. The maximum Gasteiger partial charge on any atom is 0.220 e. The first-order valence-electron chi connectivity index (χ1n) is 7.12. The Kier molecular flexibility index (Phi) is 5.39. The highest BCUT2D eigenvalue weighted by molar-refractivity contribution is 5.76. The number of rotatable bonds is 7. The van der Waals surface area contributed by atoms with Crippen LogP contribution in [0.25, 0.3) is 0 Å². The van der Waals surface area contributed by atoms with E-state index in [1.807, 2.05) is 10.8 Å². The van der Waals surface area contributed by atoms with E-state index >= 15 is 0 Å². The Labute approximate surface area is 114 Å². The average molecular weight is 265 g/mol. The zero-order valence-electron chi connectivity index (χ0n) is 11.5. The molecule has 1 fully saturated rings. The molecule has 0 bridgehead atoms. The van der Waals surface area contributed by atoms with Gasteiger partial charge in [-0.05, 0) is 19.3 Å². The van der Waals surface area contributed by atoms with Crippen molar-refractivity contribution in [3.8, 4) is 0 Å². The zero-order chi connectivity index (χ0) is 13.5. The summed E-state index contributed by atoms with van der Waals surface area (Å²) >= 11 is 0. The van der Waals surface area contributed by atoms with E-state index in [9.17, 15) is 4.79 Å². The van der Waals surface area contributed by atoms with Crippen molar-refractivity contribution in [2.75, 3.05) is 13.2 Å². The number of hydrogen-bond donors (Lipinski definition) is 1. The van der Waals surface area contributed by atoms with Gasteiger partial charge in [0.2, 0.25) is 5.91 Å². The second-order valence-electron chi connectivity index (χ2n) is 5.11. The Morgan fingerprint density at radius 1 is 1.63 bits per heavy atom. The molecule has 1 amide bonds. The monoisotopic (exact) mass is 265 g/mol. The summed E-state index contributed by atoms with van der Waals surface area (Å²) in [5.74, 6) is 0.640. The molecule has 0 aliphatic carbocycles. The van der Waals surface area contributed by atoms with E-state index in [1.165, 1.54) is 0 Å².